The Hall–Kier alpha value is -1.38. The first-order valence-electron chi connectivity index (χ1n) is 3.02. The lowest BCUT2D eigenvalue weighted by Crippen LogP contribution is -2.02. The van der Waals surface area contributed by atoms with Crippen LogP contribution < -0.4 is 5.73 Å². The second kappa shape index (κ2) is 3.34. The van der Waals surface area contributed by atoms with Crippen molar-refractivity contribution in [1.29, 1.82) is 5.26 Å². The molecule has 0 amide bonds. The van der Waals surface area contributed by atoms with Crippen molar-refractivity contribution in [3.8, 4) is 6.07 Å². The van der Waals surface area contributed by atoms with Crippen LogP contribution in [-0.2, 0) is 6.61 Å². The minimum atomic E-state index is -0.360. The summed E-state index contributed by atoms with van der Waals surface area (Å²) < 4.78 is 0. The van der Waals surface area contributed by atoms with Gasteiger partial charge in [0.25, 0.3) is 0 Å². The van der Waals surface area contributed by atoms with Crippen molar-refractivity contribution in [2.45, 2.75) is 6.61 Å². The monoisotopic (exact) mass is 184 g/mol. The van der Waals surface area contributed by atoms with E-state index in [0.29, 0.717) is 0 Å². The fourth-order valence-corrected chi connectivity index (χ4v) is 0.838. The van der Waals surface area contributed by atoms with E-state index in [1.165, 1.54) is 0 Å². The average molecular weight is 185 g/mol. The van der Waals surface area contributed by atoms with Gasteiger partial charge in [-0.15, -0.1) is 0 Å². The van der Waals surface area contributed by atoms with E-state index in [1.807, 2.05) is 0 Å². The number of nitrogen functional groups attached to an aromatic ring is 1. The van der Waals surface area contributed by atoms with Gasteiger partial charge in [-0.25, -0.2) is 9.97 Å². The van der Waals surface area contributed by atoms with Gasteiger partial charge in [-0.2, -0.15) is 5.26 Å². The summed E-state index contributed by atoms with van der Waals surface area (Å²) in [6.07, 6.45) is 0. The van der Waals surface area contributed by atoms with E-state index in [4.69, 9.17) is 27.7 Å². The molecule has 5 nitrogen and oxygen atoms in total. The molecule has 1 heterocycles. The first-order valence-corrected chi connectivity index (χ1v) is 3.39. The molecule has 62 valence electrons. The Morgan fingerprint density at radius 1 is 1.58 bits per heavy atom. The third-order valence-electron chi connectivity index (χ3n) is 1.20. The van der Waals surface area contributed by atoms with Gasteiger partial charge in [0.1, 0.15) is 11.8 Å². The summed E-state index contributed by atoms with van der Waals surface area (Å²) in [6.45, 7) is -0.360. The van der Waals surface area contributed by atoms with Crippen LogP contribution in [0.1, 0.15) is 11.4 Å². The largest absolute Gasteiger partial charge is 0.390 e. The lowest BCUT2D eigenvalue weighted by Gasteiger charge is -2.00. The maximum absolute atomic E-state index is 8.69. The van der Waals surface area contributed by atoms with Gasteiger partial charge < -0.3 is 10.8 Å². The molecule has 6 heteroatoms. The molecule has 0 aromatic carbocycles. The third kappa shape index (κ3) is 1.44. The summed E-state index contributed by atoms with van der Waals surface area (Å²) in [5, 5.41) is 17.2. The van der Waals surface area contributed by atoms with Crippen LogP contribution in [-0.4, -0.2) is 15.1 Å². The van der Waals surface area contributed by atoms with Crippen molar-refractivity contribution < 1.29 is 5.11 Å². The van der Waals surface area contributed by atoms with Crippen molar-refractivity contribution in [1.82, 2.24) is 9.97 Å². The molecule has 0 atom stereocenters. The molecule has 1 aromatic rings. The molecule has 0 aliphatic carbocycles. The number of rotatable bonds is 1. The van der Waals surface area contributed by atoms with Crippen LogP contribution >= 0.6 is 11.6 Å². The number of aliphatic hydroxyl groups excluding tert-OH is 1. The smallest absolute Gasteiger partial charge is 0.183 e. The maximum atomic E-state index is 8.69. The Bertz CT molecular complexity index is 346. The highest BCUT2D eigenvalue weighted by molar-refractivity contribution is 6.30. The van der Waals surface area contributed by atoms with E-state index < -0.39 is 0 Å². The fourth-order valence-electron chi connectivity index (χ4n) is 0.644. The van der Waals surface area contributed by atoms with Crippen molar-refractivity contribution in [2.24, 2.45) is 0 Å². The molecular weight excluding hydrogens is 180 g/mol. The van der Waals surface area contributed by atoms with Gasteiger partial charge in [-0.3, -0.25) is 0 Å². The SMILES string of the molecule is N#Cc1nc(CO)c(Cl)nc1N. The first-order chi connectivity index (χ1) is 5.69. The zero-order chi connectivity index (χ0) is 9.14. The second-order valence-corrected chi connectivity index (χ2v) is 2.32. The lowest BCUT2D eigenvalue weighted by atomic mass is 10.4. The van der Waals surface area contributed by atoms with E-state index in [0.717, 1.165) is 0 Å². The van der Waals surface area contributed by atoms with Gasteiger partial charge in [0.05, 0.1) is 6.61 Å². The topological polar surface area (TPSA) is 95.8 Å². The highest BCUT2D eigenvalue weighted by Gasteiger charge is 2.08. The highest BCUT2D eigenvalue weighted by Crippen LogP contribution is 2.14. The summed E-state index contributed by atoms with van der Waals surface area (Å²) in [4.78, 5) is 7.29. The van der Waals surface area contributed by atoms with E-state index in [2.05, 4.69) is 9.97 Å². The second-order valence-electron chi connectivity index (χ2n) is 1.96. The molecule has 0 aliphatic rings. The minimum absolute atomic E-state index is 0.0222. The summed E-state index contributed by atoms with van der Waals surface area (Å²) in [6, 6.07) is 1.73. The predicted molar refractivity (Wildman–Crippen MR) is 42.1 cm³/mol. The number of nitrogens with zero attached hydrogens (tertiary/aromatic N) is 3. The summed E-state index contributed by atoms with van der Waals surface area (Å²) in [7, 11) is 0. The zero-order valence-corrected chi connectivity index (χ0v) is 6.71. The molecule has 1 rings (SSSR count). The molecule has 3 N–H and O–H groups in total. The Morgan fingerprint density at radius 3 is 2.75 bits per heavy atom. The van der Waals surface area contributed by atoms with E-state index in [9.17, 15) is 0 Å². The van der Waals surface area contributed by atoms with Crippen LogP contribution in [0.3, 0.4) is 0 Å². The Balaban J connectivity index is 3.30. The first kappa shape index (κ1) is 8.71. The Kier molecular flexibility index (Phi) is 2.43. The number of nitrogens with two attached hydrogens (primary N) is 1. The molecule has 0 saturated carbocycles. The Morgan fingerprint density at radius 2 is 2.25 bits per heavy atom. The van der Waals surface area contributed by atoms with E-state index >= 15 is 0 Å². The van der Waals surface area contributed by atoms with E-state index in [1.54, 1.807) is 6.07 Å². The maximum Gasteiger partial charge on any atom is 0.183 e. The van der Waals surface area contributed by atoms with Crippen LogP contribution in [0, 0.1) is 11.3 Å². The molecule has 0 radical (unpaired) electrons. The molecule has 0 saturated heterocycles. The molecule has 0 spiro atoms. The molecule has 0 aliphatic heterocycles. The molecule has 0 fully saturated rings. The number of aromatic nitrogens is 2. The number of hydrogen-bond donors (Lipinski definition) is 2. The summed E-state index contributed by atoms with van der Waals surface area (Å²) >= 11 is 5.54. The van der Waals surface area contributed by atoms with Gasteiger partial charge in [0.15, 0.2) is 16.7 Å². The van der Waals surface area contributed by atoms with Crippen LogP contribution in [0.5, 0.6) is 0 Å². The van der Waals surface area contributed by atoms with Crippen molar-refractivity contribution in [3.63, 3.8) is 0 Å². The third-order valence-corrected chi connectivity index (χ3v) is 1.50. The number of anilines is 1. The quantitative estimate of drug-likeness (QED) is 0.644. The van der Waals surface area contributed by atoms with Crippen molar-refractivity contribution in [3.05, 3.63) is 16.5 Å². The van der Waals surface area contributed by atoms with Crippen LogP contribution in [0.25, 0.3) is 0 Å². The number of halogens is 1. The number of nitriles is 1. The van der Waals surface area contributed by atoms with Crippen LogP contribution in [0.2, 0.25) is 5.15 Å². The Labute approximate surface area is 73.4 Å². The summed E-state index contributed by atoms with van der Waals surface area (Å²) in [5.41, 5.74) is 5.42. The minimum Gasteiger partial charge on any atom is -0.390 e. The van der Waals surface area contributed by atoms with Crippen LogP contribution in [0.4, 0.5) is 5.82 Å². The normalized spacial score (nSPS) is 9.42. The molecule has 0 bridgehead atoms. The van der Waals surface area contributed by atoms with Gasteiger partial charge in [-0.1, -0.05) is 11.6 Å². The van der Waals surface area contributed by atoms with Crippen molar-refractivity contribution >= 4 is 17.4 Å². The summed E-state index contributed by atoms with van der Waals surface area (Å²) in [5.74, 6) is -0.0281. The number of hydrogen-bond acceptors (Lipinski definition) is 5. The van der Waals surface area contributed by atoms with Gasteiger partial charge >= 0.3 is 0 Å². The average Bonchev–Trinajstić information content (AvgIpc) is 2.05. The van der Waals surface area contributed by atoms with Crippen molar-refractivity contribution in [2.75, 3.05) is 5.73 Å². The molecular formula is C6H5ClN4O. The molecule has 1 aromatic heterocycles. The van der Waals surface area contributed by atoms with Crippen LogP contribution in [0.15, 0.2) is 0 Å². The molecule has 0 unspecified atom stereocenters. The molecule has 12 heavy (non-hydrogen) atoms. The van der Waals surface area contributed by atoms with Gasteiger partial charge in [0, 0.05) is 0 Å². The van der Waals surface area contributed by atoms with Gasteiger partial charge in [-0.05, 0) is 0 Å². The fraction of sp³-hybridized carbons (Fsp3) is 0.167. The highest BCUT2D eigenvalue weighted by atomic mass is 35.5. The predicted octanol–water partition coefficient (Wildman–Crippen LogP) is 0.0762. The number of aliphatic hydroxyl groups is 1. The standard InChI is InChI=1S/C6H5ClN4O/c7-5-4(2-12)10-3(1-8)6(9)11-5/h12H,2H2,(H2,9,11). The van der Waals surface area contributed by atoms with Gasteiger partial charge in [0.2, 0.25) is 0 Å². The lowest BCUT2D eigenvalue weighted by molar-refractivity contribution is 0.276. The zero-order valence-electron chi connectivity index (χ0n) is 5.95. The van der Waals surface area contributed by atoms with E-state index in [-0.39, 0.29) is 29.0 Å².